The Labute approximate surface area is 205 Å². The van der Waals surface area contributed by atoms with Gasteiger partial charge in [0, 0.05) is 36.3 Å². The predicted octanol–water partition coefficient (Wildman–Crippen LogP) is 6.08. The highest BCUT2D eigenvalue weighted by atomic mass is 35.5. The molecule has 2 fully saturated rings. The molecule has 6 rings (SSSR count). The highest BCUT2D eigenvalue weighted by molar-refractivity contribution is 6.36. The summed E-state index contributed by atoms with van der Waals surface area (Å²) in [7, 11) is 1.70. The van der Waals surface area contributed by atoms with E-state index in [1.165, 1.54) is 32.4 Å². The second kappa shape index (κ2) is 9.12. The lowest BCUT2D eigenvalue weighted by molar-refractivity contribution is 0.171. The lowest BCUT2D eigenvalue weighted by atomic mass is 10.0. The first-order chi connectivity index (χ1) is 16.7. The molecule has 2 unspecified atom stereocenters. The molecule has 0 bridgehead atoms. The normalized spacial score (nSPS) is 21.5. The van der Waals surface area contributed by atoms with Gasteiger partial charge in [-0.1, -0.05) is 48.4 Å². The number of nitrogens with zero attached hydrogens (tertiary/aromatic N) is 2. The molecular weight excluding hydrogens is 448 g/mol. The van der Waals surface area contributed by atoms with Gasteiger partial charge in [-0.25, -0.2) is 4.98 Å². The van der Waals surface area contributed by atoms with Gasteiger partial charge in [0.05, 0.1) is 17.8 Å². The van der Waals surface area contributed by atoms with Crippen LogP contribution in [0.15, 0.2) is 48.5 Å². The molecule has 176 valence electrons. The molecule has 2 aliphatic heterocycles. The number of benzene rings is 2. The second-order valence-corrected chi connectivity index (χ2v) is 9.91. The number of aromatic nitrogens is 1. The molecule has 3 aromatic rings. The van der Waals surface area contributed by atoms with E-state index in [0.29, 0.717) is 24.1 Å². The van der Waals surface area contributed by atoms with Gasteiger partial charge in [-0.2, -0.15) is 0 Å². The van der Waals surface area contributed by atoms with Crippen LogP contribution in [0.5, 0.6) is 17.4 Å². The molecule has 3 heterocycles. The Hall–Kier alpha value is -2.76. The summed E-state index contributed by atoms with van der Waals surface area (Å²) in [6.07, 6.45) is 4.16. The minimum absolute atomic E-state index is 0.555. The molecule has 0 spiro atoms. The van der Waals surface area contributed by atoms with Gasteiger partial charge in [-0.15, -0.1) is 0 Å². The summed E-state index contributed by atoms with van der Waals surface area (Å²) in [5.41, 5.74) is 4.74. The molecule has 6 heteroatoms. The molecule has 2 atom stereocenters. The topological polar surface area (TPSA) is 43.8 Å². The average Bonchev–Trinajstić information content (AvgIpc) is 3.46. The Kier molecular flexibility index (Phi) is 5.84. The van der Waals surface area contributed by atoms with Gasteiger partial charge in [0.15, 0.2) is 11.5 Å². The summed E-state index contributed by atoms with van der Waals surface area (Å²) in [5.74, 6) is 3.95. The Balaban J connectivity index is 1.28. The lowest BCUT2D eigenvalue weighted by Gasteiger charge is -2.20. The average molecular weight is 477 g/mol. The van der Waals surface area contributed by atoms with Crippen molar-refractivity contribution >= 4 is 11.6 Å². The zero-order valence-corrected chi connectivity index (χ0v) is 20.2. The minimum Gasteiger partial charge on any atom is -0.486 e. The first-order valence-electron chi connectivity index (χ1n) is 12.1. The van der Waals surface area contributed by atoms with Crippen LogP contribution in [0, 0.1) is 11.8 Å². The van der Waals surface area contributed by atoms with Crippen molar-refractivity contribution in [1.82, 2.24) is 9.88 Å². The Morgan fingerprint density at radius 1 is 0.971 bits per heavy atom. The van der Waals surface area contributed by atoms with Crippen LogP contribution in [0.3, 0.4) is 0 Å². The number of likely N-dealkylation sites (tertiary alicyclic amines) is 1. The molecule has 1 aromatic heterocycles. The molecule has 5 nitrogen and oxygen atoms in total. The van der Waals surface area contributed by atoms with Crippen LogP contribution in [0.25, 0.3) is 22.4 Å². The zero-order valence-electron chi connectivity index (χ0n) is 19.4. The summed E-state index contributed by atoms with van der Waals surface area (Å²) >= 11 is 6.93. The van der Waals surface area contributed by atoms with Gasteiger partial charge in [0.1, 0.15) is 13.2 Å². The van der Waals surface area contributed by atoms with Crippen molar-refractivity contribution in [3.8, 4) is 39.8 Å². The van der Waals surface area contributed by atoms with E-state index in [0.717, 1.165) is 57.8 Å². The number of halogens is 1. The van der Waals surface area contributed by atoms with Crippen LogP contribution in [0.2, 0.25) is 5.02 Å². The Bertz CT molecular complexity index is 1200. The van der Waals surface area contributed by atoms with Crippen molar-refractivity contribution in [3.05, 3.63) is 59.1 Å². The minimum atomic E-state index is 0.555. The predicted molar refractivity (Wildman–Crippen MR) is 134 cm³/mol. The van der Waals surface area contributed by atoms with Gasteiger partial charge in [0.2, 0.25) is 5.88 Å². The summed E-state index contributed by atoms with van der Waals surface area (Å²) in [5, 5.41) is 0.661. The summed E-state index contributed by atoms with van der Waals surface area (Å²) in [6.45, 7) is 4.40. The van der Waals surface area contributed by atoms with E-state index in [-0.39, 0.29) is 0 Å². The van der Waals surface area contributed by atoms with Crippen molar-refractivity contribution in [1.29, 1.82) is 0 Å². The van der Waals surface area contributed by atoms with Crippen molar-refractivity contribution in [2.24, 2.45) is 11.8 Å². The van der Waals surface area contributed by atoms with Gasteiger partial charge in [0.25, 0.3) is 0 Å². The Morgan fingerprint density at radius 2 is 1.74 bits per heavy atom. The maximum absolute atomic E-state index is 6.93. The third-order valence-corrected chi connectivity index (χ3v) is 7.86. The molecular formula is C28H29ClN2O3. The molecule has 0 amide bonds. The van der Waals surface area contributed by atoms with Crippen LogP contribution >= 0.6 is 11.6 Å². The third kappa shape index (κ3) is 4.01. The SMILES string of the molecule is COc1nc(-c2cccc(-c3ccc4c(c3)OCCO4)c2Cl)ccc1CN1CC2CCCC2C1. The van der Waals surface area contributed by atoms with Crippen molar-refractivity contribution in [2.45, 2.75) is 25.8 Å². The van der Waals surface area contributed by atoms with Crippen LogP contribution in [-0.2, 0) is 6.54 Å². The Morgan fingerprint density at radius 3 is 2.53 bits per heavy atom. The lowest BCUT2D eigenvalue weighted by Crippen LogP contribution is -2.21. The van der Waals surface area contributed by atoms with Gasteiger partial charge < -0.3 is 14.2 Å². The van der Waals surface area contributed by atoms with E-state index >= 15 is 0 Å². The molecule has 0 N–H and O–H groups in total. The van der Waals surface area contributed by atoms with E-state index in [1.54, 1.807) is 7.11 Å². The van der Waals surface area contributed by atoms with Gasteiger partial charge in [-0.05, 0) is 48.4 Å². The molecule has 3 aliphatic rings. The first-order valence-corrected chi connectivity index (χ1v) is 12.5. The highest BCUT2D eigenvalue weighted by Crippen LogP contribution is 2.41. The van der Waals surface area contributed by atoms with Crippen LogP contribution < -0.4 is 14.2 Å². The quantitative estimate of drug-likeness (QED) is 0.446. The summed E-state index contributed by atoms with van der Waals surface area (Å²) in [4.78, 5) is 7.42. The number of hydrogen-bond acceptors (Lipinski definition) is 5. The number of pyridine rings is 1. The highest BCUT2D eigenvalue weighted by Gasteiger charge is 2.36. The maximum atomic E-state index is 6.93. The van der Waals surface area contributed by atoms with Gasteiger partial charge in [-0.3, -0.25) is 4.90 Å². The van der Waals surface area contributed by atoms with E-state index in [1.807, 2.05) is 36.4 Å². The summed E-state index contributed by atoms with van der Waals surface area (Å²) in [6, 6.07) is 16.2. The molecule has 0 radical (unpaired) electrons. The second-order valence-electron chi connectivity index (χ2n) is 9.54. The van der Waals surface area contributed by atoms with Crippen molar-refractivity contribution in [2.75, 3.05) is 33.4 Å². The molecule has 34 heavy (non-hydrogen) atoms. The van der Waals surface area contributed by atoms with Crippen molar-refractivity contribution in [3.63, 3.8) is 0 Å². The standard InChI is InChI=1S/C28H29ClN2O3/c1-32-28-21(17-31-15-19-4-2-5-20(19)16-31)8-10-24(30-28)23-7-3-6-22(27(23)29)18-9-11-25-26(14-18)34-13-12-33-25/h3,6-11,14,19-20H,2,4-5,12-13,15-17H2,1H3. The molecule has 1 aliphatic carbocycles. The zero-order chi connectivity index (χ0) is 23.1. The van der Waals surface area contributed by atoms with Crippen molar-refractivity contribution < 1.29 is 14.2 Å². The fourth-order valence-electron chi connectivity index (χ4n) is 5.78. The van der Waals surface area contributed by atoms with Crippen LogP contribution in [0.4, 0.5) is 0 Å². The fraction of sp³-hybridized carbons (Fsp3) is 0.393. The van der Waals surface area contributed by atoms with Crippen LogP contribution in [-0.4, -0.2) is 43.3 Å². The number of methoxy groups -OCH3 is 1. The van der Waals surface area contributed by atoms with E-state index in [9.17, 15) is 0 Å². The molecule has 1 saturated carbocycles. The fourth-order valence-corrected chi connectivity index (χ4v) is 6.11. The van der Waals surface area contributed by atoms with E-state index in [2.05, 4.69) is 17.0 Å². The monoisotopic (exact) mass is 476 g/mol. The van der Waals surface area contributed by atoms with E-state index < -0.39 is 0 Å². The van der Waals surface area contributed by atoms with Gasteiger partial charge >= 0.3 is 0 Å². The number of hydrogen-bond donors (Lipinski definition) is 0. The largest absolute Gasteiger partial charge is 0.486 e. The number of ether oxygens (including phenoxy) is 3. The van der Waals surface area contributed by atoms with E-state index in [4.69, 9.17) is 30.8 Å². The maximum Gasteiger partial charge on any atom is 0.218 e. The first kappa shape index (κ1) is 21.8. The molecule has 2 aromatic carbocycles. The summed E-state index contributed by atoms with van der Waals surface area (Å²) < 4.78 is 17.1. The van der Waals surface area contributed by atoms with Crippen LogP contribution in [0.1, 0.15) is 24.8 Å². The number of fused-ring (bicyclic) bond motifs is 2. The third-order valence-electron chi connectivity index (χ3n) is 7.46. The molecule has 1 saturated heterocycles. The smallest absolute Gasteiger partial charge is 0.218 e. The number of rotatable bonds is 5.